The van der Waals surface area contributed by atoms with Gasteiger partial charge in [-0.3, -0.25) is 0 Å². The summed E-state index contributed by atoms with van der Waals surface area (Å²) in [7, 11) is 0. The molecule has 0 saturated carbocycles. The van der Waals surface area contributed by atoms with Gasteiger partial charge >= 0.3 is 0 Å². The third-order valence-electron chi connectivity index (χ3n) is 0. The van der Waals surface area contributed by atoms with Crippen LogP contribution >= 0.6 is 0 Å². The molecule has 0 aromatic carbocycles. The second kappa shape index (κ2) is 28.5. The molecule has 0 spiro atoms. The molecule has 0 aromatic rings. The van der Waals surface area contributed by atoms with Gasteiger partial charge in [-0.05, 0) is 0 Å². The Balaban J connectivity index is 0. The molecule has 0 unspecified atom stereocenters. The van der Waals surface area contributed by atoms with E-state index in [2.05, 4.69) is 0 Å². The van der Waals surface area contributed by atoms with Crippen molar-refractivity contribution < 1.29 is 92.8 Å². The Hall–Kier alpha value is 2.91. The van der Waals surface area contributed by atoms with Crippen molar-refractivity contribution in [2.45, 2.75) is 0 Å². The van der Waals surface area contributed by atoms with E-state index >= 15 is 0 Å². The minimum Gasteiger partial charge on any atom is 0 e. The Kier molecular flexibility index (Phi) is 254. The van der Waals surface area contributed by atoms with E-state index in [4.69, 9.17) is 0 Å². The van der Waals surface area contributed by atoms with Crippen LogP contribution in [0.4, 0.5) is 0 Å². The van der Waals surface area contributed by atoms with E-state index < -0.39 is 0 Å². The normalized spacial score (nSPS) is 0. The summed E-state index contributed by atoms with van der Waals surface area (Å²) in [6, 6.07) is 0. The van der Waals surface area contributed by atoms with Crippen molar-refractivity contribution in [1.29, 1.82) is 0 Å². The van der Waals surface area contributed by atoms with E-state index in [0.29, 0.717) is 0 Å². The molecule has 0 bridgehead atoms. The summed E-state index contributed by atoms with van der Waals surface area (Å²) in [5.74, 6) is 0. The molecule has 5 heavy (non-hydrogen) atoms. The molecular formula is CoCrNiPtW. The predicted molar refractivity (Wildman–Crippen MR) is 0 cm³/mol. The summed E-state index contributed by atoms with van der Waals surface area (Å²) in [5, 5.41) is 0. The first-order valence-electron chi connectivity index (χ1n) is 0. The van der Waals surface area contributed by atoms with Crippen LogP contribution in [0.25, 0.3) is 0 Å². The molecule has 0 saturated heterocycles. The van der Waals surface area contributed by atoms with E-state index in [1.807, 2.05) is 0 Å². The summed E-state index contributed by atoms with van der Waals surface area (Å²) in [6.07, 6.45) is 0. The monoisotopic (exact) mass is 548 g/mol. The van der Waals surface area contributed by atoms with Crippen LogP contribution in [-0.2, 0) is 92.8 Å². The molecule has 0 nitrogen and oxygen atoms in total. The van der Waals surface area contributed by atoms with E-state index in [1.165, 1.54) is 0 Å². The average Bonchev–Trinajstić information content (AvgIpc) is 0. The van der Waals surface area contributed by atoms with Gasteiger partial charge < -0.3 is 0 Å². The Morgan fingerprint density at radius 1 is 1.00 bits per heavy atom. The van der Waals surface area contributed by atoms with E-state index in [9.17, 15) is 0 Å². The zero-order valence-electron chi connectivity index (χ0n) is 1.78. The fraction of sp³-hybridized carbons (Fsp3) is 0. The van der Waals surface area contributed by atoms with Gasteiger partial charge in [0.25, 0.3) is 0 Å². The van der Waals surface area contributed by atoms with Crippen molar-refractivity contribution in [1.82, 2.24) is 0 Å². The predicted octanol–water partition coefficient (Wildman–Crippen LogP) is -0.0125. The zero-order valence-corrected chi connectivity index (χ0v) is 10.3. The fourth-order valence-electron chi connectivity index (χ4n) is 0. The van der Waals surface area contributed by atoms with E-state index in [1.54, 1.807) is 0 Å². The molecule has 0 aliphatic heterocycles. The van der Waals surface area contributed by atoms with Crippen molar-refractivity contribution in [3.8, 4) is 0 Å². The molecule has 1 radical (unpaired) electrons. The van der Waals surface area contributed by atoms with Gasteiger partial charge in [0, 0.05) is 92.8 Å². The number of hydrogen-bond donors (Lipinski definition) is 0. The Labute approximate surface area is 91.4 Å². The topological polar surface area (TPSA) is 0 Å². The SMILES string of the molecule is [Co].[Cr].[Ni].[Pt].[W]. The van der Waals surface area contributed by atoms with E-state index in [-0.39, 0.29) is 92.8 Å². The molecule has 0 aliphatic rings. The molecular weight excluding hydrogens is 549 g/mol. The standard InChI is InChI=1S/Co.Cr.Ni.Pt.W. The maximum atomic E-state index is 0. The van der Waals surface area contributed by atoms with Crippen LogP contribution in [0.15, 0.2) is 0 Å². The number of rotatable bonds is 0. The van der Waals surface area contributed by atoms with Gasteiger partial charge in [0.05, 0.1) is 0 Å². The molecule has 0 amide bonds. The van der Waals surface area contributed by atoms with Crippen LogP contribution < -0.4 is 0 Å². The Morgan fingerprint density at radius 2 is 1.00 bits per heavy atom. The van der Waals surface area contributed by atoms with Crippen molar-refractivity contribution in [2.24, 2.45) is 0 Å². The van der Waals surface area contributed by atoms with Gasteiger partial charge in [0.1, 0.15) is 0 Å². The molecule has 0 heterocycles. The maximum absolute atomic E-state index is 0. The average molecular weight is 549 g/mol. The van der Waals surface area contributed by atoms with Gasteiger partial charge in [-0.15, -0.1) is 0 Å². The van der Waals surface area contributed by atoms with Gasteiger partial charge in [-0.2, -0.15) is 0 Å². The minimum atomic E-state index is 0. The first kappa shape index (κ1) is 44.6. The third kappa shape index (κ3) is 19.7. The molecule has 0 rings (SSSR count). The first-order valence-corrected chi connectivity index (χ1v) is 0. The second-order valence-corrected chi connectivity index (χ2v) is 0. The van der Waals surface area contributed by atoms with Crippen LogP contribution in [0.2, 0.25) is 0 Å². The van der Waals surface area contributed by atoms with Crippen molar-refractivity contribution >= 4 is 0 Å². The van der Waals surface area contributed by atoms with Crippen molar-refractivity contribution in [2.75, 3.05) is 0 Å². The van der Waals surface area contributed by atoms with Crippen LogP contribution in [0.3, 0.4) is 0 Å². The van der Waals surface area contributed by atoms with Crippen LogP contribution in [-0.4, -0.2) is 0 Å². The largest absolute Gasteiger partial charge is 0 e. The summed E-state index contributed by atoms with van der Waals surface area (Å²) in [6.45, 7) is 0. The smallest absolute Gasteiger partial charge is 0 e. The van der Waals surface area contributed by atoms with Gasteiger partial charge in [0.15, 0.2) is 0 Å². The van der Waals surface area contributed by atoms with Gasteiger partial charge in [-0.1, -0.05) is 0 Å². The summed E-state index contributed by atoms with van der Waals surface area (Å²) >= 11 is 0. The van der Waals surface area contributed by atoms with Crippen LogP contribution in [0, 0.1) is 0 Å². The minimum absolute atomic E-state index is 0. The zero-order chi connectivity index (χ0) is 0. The molecule has 0 fully saturated rings. The van der Waals surface area contributed by atoms with Crippen LogP contribution in [0.1, 0.15) is 0 Å². The molecule has 5 heteroatoms. The summed E-state index contributed by atoms with van der Waals surface area (Å²) < 4.78 is 0. The third-order valence-corrected chi connectivity index (χ3v) is 0. The quantitative estimate of drug-likeness (QED) is 0.374. The van der Waals surface area contributed by atoms with Crippen molar-refractivity contribution in [3.05, 3.63) is 0 Å². The molecule has 41 valence electrons. The molecule has 0 aliphatic carbocycles. The summed E-state index contributed by atoms with van der Waals surface area (Å²) in [5.41, 5.74) is 0. The van der Waals surface area contributed by atoms with Gasteiger partial charge in [-0.25, -0.2) is 0 Å². The Morgan fingerprint density at radius 3 is 1.00 bits per heavy atom. The number of hydrogen-bond acceptors (Lipinski definition) is 0. The Bertz CT molecular complexity index is 11.6. The second-order valence-electron chi connectivity index (χ2n) is 0. The van der Waals surface area contributed by atoms with Crippen molar-refractivity contribution in [3.63, 3.8) is 0 Å². The maximum Gasteiger partial charge on any atom is 0 e. The molecule has 0 aromatic heterocycles. The molecule has 0 atom stereocenters. The van der Waals surface area contributed by atoms with E-state index in [0.717, 1.165) is 0 Å². The van der Waals surface area contributed by atoms with Gasteiger partial charge in [0.2, 0.25) is 0 Å². The first-order chi connectivity index (χ1) is 0. The fourth-order valence-corrected chi connectivity index (χ4v) is 0. The van der Waals surface area contributed by atoms with Crippen LogP contribution in [0.5, 0.6) is 0 Å². The summed E-state index contributed by atoms with van der Waals surface area (Å²) in [4.78, 5) is 0. The molecule has 0 N–H and O–H groups in total.